The van der Waals surface area contributed by atoms with Crippen molar-refractivity contribution in [3.05, 3.63) is 28.5 Å². The van der Waals surface area contributed by atoms with Gasteiger partial charge in [-0.05, 0) is 66.2 Å². The highest BCUT2D eigenvalue weighted by molar-refractivity contribution is 9.10. The smallest absolute Gasteiger partial charge is 0.125 e. The minimum atomic E-state index is -0.162. The Kier molecular flexibility index (Phi) is 3.80. The lowest BCUT2D eigenvalue weighted by molar-refractivity contribution is 0.252. The summed E-state index contributed by atoms with van der Waals surface area (Å²) in [6.07, 6.45) is 3.70. The van der Waals surface area contributed by atoms with E-state index in [0.29, 0.717) is 6.04 Å². The van der Waals surface area contributed by atoms with Crippen LogP contribution in [0.15, 0.2) is 22.7 Å². The molecule has 1 aliphatic heterocycles. The van der Waals surface area contributed by atoms with E-state index in [2.05, 4.69) is 40.0 Å². The van der Waals surface area contributed by atoms with Gasteiger partial charge in [0.25, 0.3) is 0 Å². The molecule has 0 spiro atoms. The summed E-state index contributed by atoms with van der Waals surface area (Å²) in [5, 5.41) is 3.74. The first-order chi connectivity index (χ1) is 9.53. The third kappa shape index (κ3) is 2.60. The van der Waals surface area contributed by atoms with Crippen molar-refractivity contribution in [2.75, 3.05) is 18.0 Å². The number of hydrogen-bond acceptors (Lipinski definition) is 2. The van der Waals surface area contributed by atoms with Crippen molar-refractivity contribution in [1.82, 2.24) is 5.32 Å². The molecule has 0 bridgehead atoms. The molecule has 1 aromatic carbocycles. The average molecular weight is 341 g/mol. The third-order valence-electron chi connectivity index (χ3n) is 4.85. The van der Waals surface area contributed by atoms with Crippen molar-refractivity contribution in [2.45, 2.75) is 44.7 Å². The monoisotopic (exact) mass is 340 g/mol. The van der Waals surface area contributed by atoms with Gasteiger partial charge in [-0.25, -0.2) is 4.39 Å². The lowest BCUT2D eigenvalue weighted by atomic mass is 9.90. The van der Waals surface area contributed by atoms with E-state index in [4.69, 9.17) is 0 Å². The summed E-state index contributed by atoms with van der Waals surface area (Å²) in [5.41, 5.74) is 1.16. The first-order valence-corrected chi connectivity index (χ1v) is 8.29. The molecule has 2 atom stereocenters. The van der Waals surface area contributed by atoms with E-state index in [9.17, 15) is 4.39 Å². The summed E-state index contributed by atoms with van der Waals surface area (Å²) < 4.78 is 14.6. The van der Waals surface area contributed by atoms with Crippen LogP contribution in [0.5, 0.6) is 0 Å². The van der Waals surface area contributed by atoms with Gasteiger partial charge in [-0.2, -0.15) is 0 Å². The van der Waals surface area contributed by atoms with Crippen molar-refractivity contribution >= 4 is 21.6 Å². The highest BCUT2D eigenvalue weighted by Gasteiger charge is 2.46. The summed E-state index contributed by atoms with van der Waals surface area (Å²) in [4.78, 5) is 2.39. The second kappa shape index (κ2) is 5.30. The standard InChI is InChI=1S/C16H22BrFN2/c1-3-13-9-19-16(2,11-4-5-11)10-20(13)15-8-12(18)6-7-14(15)17/h6-8,11,13,19H,3-5,9-10H2,1-2H3. The second-order valence-electron chi connectivity index (χ2n) is 6.36. The van der Waals surface area contributed by atoms with E-state index in [1.165, 1.54) is 18.9 Å². The molecule has 0 amide bonds. The molecular weight excluding hydrogens is 319 g/mol. The van der Waals surface area contributed by atoms with E-state index in [1.807, 2.05) is 6.07 Å². The van der Waals surface area contributed by atoms with E-state index < -0.39 is 0 Å². The van der Waals surface area contributed by atoms with Crippen LogP contribution in [-0.2, 0) is 0 Å². The predicted molar refractivity (Wildman–Crippen MR) is 84.7 cm³/mol. The number of rotatable bonds is 3. The Bertz CT molecular complexity index is 503. The van der Waals surface area contributed by atoms with Gasteiger partial charge in [0.2, 0.25) is 0 Å². The summed E-state index contributed by atoms with van der Waals surface area (Å²) >= 11 is 3.58. The minimum absolute atomic E-state index is 0.162. The number of benzene rings is 1. The number of anilines is 1. The third-order valence-corrected chi connectivity index (χ3v) is 5.52. The van der Waals surface area contributed by atoms with Crippen LogP contribution >= 0.6 is 15.9 Å². The predicted octanol–water partition coefficient (Wildman–Crippen LogP) is 3.95. The van der Waals surface area contributed by atoms with E-state index in [1.54, 1.807) is 6.07 Å². The molecule has 4 heteroatoms. The van der Waals surface area contributed by atoms with Gasteiger partial charge >= 0.3 is 0 Å². The molecule has 20 heavy (non-hydrogen) atoms. The molecule has 2 aliphatic rings. The summed E-state index contributed by atoms with van der Waals surface area (Å²) in [6, 6.07) is 5.41. The Morgan fingerprint density at radius 2 is 2.20 bits per heavy atom. The van der Waals surface area contributed by atoms with Crippen molar-refractivity contribution in [3.8, 4) is 0 Å². The molecule has 2 nitrogen and oxygen atoms in total. The minimum Gasteiger partial charge on any atom is -0.364 e. The van der Waals surface area contributed by atoms with Crippen LogP contribution in [0.3, 0.4) is 0 Å². The normalized spacial score (nSPS) is 30.6. The maximum Gasteiger partial charge on any atom is 0.125 e. The highest BCUT2D eigenvalue weighted by Crippen LogP contribution is 2.43. The van der Waals surface area contributed by atoms with E-state index >= 15 is 0 Å². The van der Waals surface area contributed by atoms with Crippen LogP contribution < -0.4 is 10.2 Å². The molecule has 3 rings (SSSR count). The Morgan fingerprint density at radius 3 is 2.85 bits per heavy atom. The summed E-state index contributed by atoms with van der Waals surface area (Å²) in [7, 11) is 0. The first-order valence-electron chi connectivity index (χ1n) is 7.50. The maximum atomic E-state index is 13.6. The molecule has 1 aromatic rings. The molecule has 110 valence electrons. The summed E-state index contributed by atoms with van der Waals surface area (Å²) in [6.45, 7) is 6.45. The molecule has 1 N–H and O–H groups in total. The fourth-order valence-corrected chi connectivity index (χ4v) is 3.82. The largest absolute Gasteiger partial charge is 0.364 e. The Hall–Kier alpha value is -0.610. The van der Waals surface area contributed by atoms with Gasteiger partial charge in [0, 0.05) is 29.1 Å². The molecule has 1 saturated carbocycles. The van der Waals surface area contributed by atoms with Crippen molar-refractivity contribution < 1.29 is 4.39 Å². The van der Waals surface area contributed by atoms with Crippen LogP contribution in [0.1, 0.15) is 33.1 Å². The SMILES string of the molecule is CCC1CNC(C)(C2CC2)CN1c1cc(F)ccc1Br. The molecule has 2 fully saturated rings. The van der Waals surface area contributed by atoms with Gasteiger partial charge < -0.3 is 10.2 Å². The zero-order chi connectivity index (χ0) is 14.3. The topological polar surface area (TPSA) is 15.3 Å². The maximum absolute atomic E-state index is 13.6. The number of piperazine rings is 1. The fourth-order valence-electron chi connectivity index (χ4n) is 3.35. The lowest BCUT2D eigenvalue weighted by Crippen LogP contribution is -2.64. The zero-order valence-corrected chi connectivity index (χ0v) is 13.7. The van der Waals surface area contributed by atoms with Crippen molar-refractivity contribution in [3.63, 3.8) is 0 Å². The van der Waals surface area contributed by atoms with Gasteiger partial charge in [-0.15, -0.1) is 0 Å². The zero-order valence-electron chi connectivity index (χ0n) is 12.1. The van der Waals surface area contributed by atoms with Crippen molar-refractivity contribution in [1.29, 1.82) is 0 Å². The molecule has 1 heterocycles. The Balaban J connectivity index is 1.92. The van der Waals surface area contributed by atoms with Crippen LogP contribution in [-0.4, -0.2) is 24.7 Å². The van der Waals surface area contributed by atoms with E-state index in [-0.39, 0.29) is 11.4 Å². The molecule has 0 radical (unpaired) electrons. The van der Waals surface area contributed by atoms with Gasteiger partial charge in [0.15, 0.2) is 0 Å². The average Bonchev–Trinajstić information content (AvgIpc) is 3.26. The number of nitrogens with zero attached hydrogens (tertiary/aromatic N) is 1. The molecule has 2 unspecified atom stereocenters. The molecule has 0 aromatic heterocycles. The highest BCUT2D eigenvalue weighted by atomic mass is 79.9. The van der Waals surface area contributed by atoms with E-state index in [0.717, 1.165) is 35.6 Å². The number of hydrogen-bond donors (Lipinski definition) is 1. The fraction of sp³-hybridized carbons (Fsp3) is 0.625. The van der Waals surface area contributed by atoms with Gasteiger partial charge in [0.05, 0.1) is 5.69 Å². The Labute approximate surface area is 128 Å². The number of halogens is 2. The van der Waals surface area contributed by atoms with Crippen LogP contribution in [0.2, 0.25) is 0 Å². The summed E-state index contributed by atoms with van der Waals surface area (Å²) in [5.74, 6) is 0.611. The Morgan fingerprint density at radius 1 is 1.45 bits per heavy atom. The van der Waals surface area contributed by atoms with Gasteiger partial charge in [-0.1, -0.05) is 6.92 Å². The van der Waals surface area contributed by atoms with Gasteiger partial charge in [-0.3, -0.25) is 0 Å². The quantitative estimate of drug-likeness (QED) is 0.896. The van der Waals surface area contributed by atoms with Crippen LogP contribution in [0.4, 0.5) is 10.1 Å². The van der Waals surface area contributed by atoms with Crippen LogP contribution in [0, 0.1) is 11.7 Å². The van der Waals surface area contributed by atoms with Gasteiger partial charge in [0.1, 0.15) is 5.82 Å². The van der Waals surface area contributed by atoms with Crippen LogP contribution in [0.25, 0.3) is 0 Å². The molecule has 1 saturated heterocycles. The lowest BCUT2D eigenvalue weighted by Gasteiger charge is -2.48. The van der Waals surface area contributed by atoms with Crippen molar-refractivity contribution in [2.24, 2.45) is 5.92 Å². The second-order valence-corrected chi connectivity index (χ2v) is 7.21. The number of nitrogens with one attached hydrogen (secondary N) is 1. The first kappa shape index (κ1) is 14.3. The molecule has 1 aliphatic carbocycles. The molecular formula is C16H22BrFN2.